The molecule has 0 aromatic carbocycles. The summed E-state index contributed by atoms with van der Waals surface area (Å²) in [6.07, 6.45) is 39.8. The summed E-state index contributed by atoms with van der Waals surface area (Å²) in [6.45, 7) is 4.89. The van der Waals surface area contributed by atoms with E-state index in [9.17, 15) is 19.5 Å². The summed E-state index contributed by atoms with van der Waals surface area (Å²) in [5.41, 5.74) is 0. The lowest BCUT2D eigenvalue weighted by atomic mass is 10.0. The lowest BCUT2D eigenvalue weighted by Crippen LogP contribution is -2.40. The number of likely N-dealkylation sites (N-methyl/N-ethyl adjacent to an activating group) is 1. The first kappa shape index (κ1) is 55.0. The summed E-state index contributed by atoms with van der Waals surface area (Å²) in [6, 6.07) is 0. The van der Waals surface area contributed by atoms with Gasteiger partial charge in [-0.2, -0.15) is 0 Å². The molecule has 0 bridgehead atoms. The molecule has 2 unspecified atom stereocenters. The number of allylic oxidation sites excluding steroid dienone is 2. The van der Waals surface area contributed by atoms with E-state index in [2.05, 4.69) is 26.0 Å². The Labute approximate surface area is 351 Å². The van der Waals surface area contributed by atoms with Crippen LogP contribution in [-0.2, 0) is 33.3 Å². The lowest BCUT2D eigenvalue weighted by molar-refractivity contribution is -0.870. The number of hydrogen-bond acceptors (Lipinski definition) is 7. The summed E-state index contributed by atoms with van der Waals surface area (Å²) in [7, 11) is 5.96. The van der Waals surface area contributed by atoms with E-state index in [1.807, 2.05) is 21.1 Å². The van der Waals surface area contributed by atoms with Gasteiger partial charge >= 0.3 is 17.9 Å². The fraction of sp³-hybridized carbons (Fsp3) is 0.896. The number of aliphatic carboxylic acids is 1. The molecule has 0 saturated carbocycles. The summed E-state index contributed by atoms with van der Waals surface area (Å²) >= 11 is 0. The number of ether oxygens (including phenoxy) is 4. The first-order valence-corrected chi connectivity index (χ1v) is 23.9. The van der Waals surface area contributed by atoms with E-state index in [1.165, 1.54) is 141 Å². The van der Waals surface area contributed by atoms with Gasteiger partial charge in [-0.3, -0.25) is 9.59 Å². The fourth-order valence-corrected chi connectivity index (χ4v) is 6.77. The van der Waals surface area contributed by atoms with Crippen LogP contribution in [0.4, 0.5) is 0 Å². The highest BCUT2D eigenvalue weighted by Crippen LogP contribution is 2.15. The molecule has 0 rings (SSSR count). The largest absolute Gasteiger partial charge is 0.477 e. The Morgan fingerprint density at radius 1 is 0.509 bits per heavy atom. The molecule has 1 N–H and O–H groups in total. The van der Waals surface area contributed by atoms with Gasteiger partial charge in [0.15, 0.2) is 6.10 Å². The number of hydrogen-bond donors (Lipinski definition) is 1. The van der Waals surface area contributed by atoms with Crippen molar-refractivity contribution in [1.29, 1.82) is 0 Å². The number of carboxylic acids is 1. The standard InChI is InChI=1S/C48H91NO8/c1-6-8-10-12-14-16-18-20-22-23-24-25-27-29-31-33-35-37-39-46(51)57-44(43-56-48(47(52)53)54-41-40-49(3,4)5)42-55-45(50)38-36-34-32-30-28-26-21-19-17-15-13-11-9-7-2/h22-23,44,48H,6-21,24-43H2,1-5H3/p+1/b23-22-. The van der Waals surface area contributed by atoms with Crippen LogP contribution in [0.2, 0.25) is 0 Å². The van der Waals surface area contributed by atoms with E-state index in [4.69, 9.17) is 18.9 Å². The highest BCUT2D eigenvalue weighted by molar-refractivity contribution is 5.71. The number of unbranched alkanes of at least 4 members (excludes halogenated alkanes) is 27. The zero-order chi connectivity index (χ0) is 42.1. The maximum Gasteiger partial charge on any atom is 0.361 e. The van der Waals surface area contributed by atoms with E-state index in [1.54, 1.807) is 0 Å². The van der Waals surface area contributed by atoms with Gasteiger partial charge in [-0.25, -0.2) is 4.79 Å². The minimum absolute atomic E-state index is 0.178. The minimum Gasteiger partial charge on any atom is -0.477 e. The van der Waals surface area contributed by atoms with Crippen LogP contribution < -0.4 is 0 Å². The Morgan fingerprint density at radius 2 is 0.895 bits per heavy atom. The second kappa shape index (κ2) is 40.8. The van der Waals surface area contributed by atoms with Crippen LogP contribution in [0.3, 0.4) is 0 Å². The van der Waals surface area contributed by atoms with E-state index >= 15 is 0 Å². The Kier molecular flexibility index (Phi) is 39.4. The molecular weight excluding hydrogens is 719 g/mol. The van der Waals surface area contributed by atoms with Crippen LogP contribution in [0.5, 0.6) is 0 Å². The number of quaternary nitrogens is 1. The first-order chi connectivity index (χ1) is 27.6. The number of carbonyl (C=O) groups is 3. The van der Waals surface area contributed by atoms with Gasteiger partial charge in [-0.1, -0.05) is 180 Å². The van der Waals surface area contributed by atoms with Crippen LogP contribution in [-0.4, -0.2) is 87.4 Å². The van der Waals surface area contributed by atoms with Gasteiger partial charge in [0.25, 0.3) is 6.29 Å². The highest BCUT2D eigenvalue weighted by atomic mass is 16.7. The van der Waals surface area contributed by atoms with Gasteiger partial charge < -0.3 is 28.5 Å². The van der Waals surface area contributed by atoms with Crippen molar-refractivity contribution in [3.8, 4) is 0 Å². The van der Waals surface area contributed by atoms with Crippen LogP contribution in [0.1, 0.15) is 219 Å². The van der Waals surface area contributed by atoms with Crippen molar-refractivity contribution in [1.82, 2.24) is 0 Å². The average molecular weight is 811 g/mol. The SMILES string of the molecule is CCCCCCCCC/C=C\CCCCCCCCCC(=O)OC(COC(=O)CCCCCCCCCCCCCCCC)COC(OCC[N+](C)(C)C)C(=O)O. The molecule has 0 aliphatic rings. The van der Waals surface area contributed by atoms with Crippen LogP contribution in [0.25, 0.3) is 0 Å². The second-order valence-corrected chi connectivity index (χ2v) is 17.4. The Bertz CT molecular complexity index is 949. The van der Waals surface area contributed by atoms with E-state index in [0.717, 1.165) is 51.4 Å². The van der Waals surface area contributed by atoms with E-state index in [0.29, 0.717) is 17.4 Å². The molecular formula is C48H92NO8+. The molecule has 0 radical (unpaired) electrons. The van der Waals surface area contributed by atoms with Gasteiger partial charge in [-0.15, -0.1) is 0 Å². The Morgan fingerprint density at radius 3 is 1.30 bits per heavy atom. The van der Waals surface area contributed by atoms with Crippen molar-refractivity contribution < 1.29 is 42.9 Å². The Balaban J connectivity index is 4.38. The third kappa shape index (κ3) is 42.0. The maximum absolute atomic E-state index is 12.8. The Hall–Kier alpha value is -1.97. The van der Waals surface area contributed by atoms with Gasteiger partial charge in [0.2, 0.25) is 0 Å². The fourth-order valence-electron chi connectivity index (χ4n) is 6.77. The molecule has 0 aliphatic carbocycles. The molecule has 336 valence electrons. The van der Waals surface area contributed by atoms with Crippen molar-refractivity contribution in [3.05, 3.63) is 12.2 Å². The van der Waals surface area contributed by atoms with Crippen LogP contribution in [0, 0.1) is 0 Å². The molecule has 0 aliphatic heterocycles. The van der Waals surface area contributed by atoms with Crippen molar-refractivity contribution in [2.45, 2.75) is 232 Å². The molecule has 0 amide bonds. The molecule has 2 atom stereocenters. The molecule has 57 heavy (non-hydrogen) atoms. The van der Waals surface area contributed by atoms with Crippen LogP contribution in [0.15, 0.2) is 12.2 Å². The predicted molar refractivity (Wildman–Crippen MR) is 235 cm³/mol. The van der Waals surface area contributed by atoms with E-state index in [-0.39, 0.29) is 32.2 Å². The third-order valence-electron chi connectivity index (χ3n) is 10.5. The van der Waals surface area contributed by atoms with Crippen molar-refractivity contribution >= 4 is 17.9 Å². The summed E-state index contributed by atoms with van der Waals surface area (Å²) < 4.78 is 22.8. The van der Waals surface area contributed by atoms with Crippen LogP contribution >= 0.6 is 0 Å². The molecule has 0 saturated heterocycles. The highest BCUT2D eigenvalue weighted by Gasteiger charge is 2.25. The van der Waals surface area contributed by atoms with Crippen molar-refractivity contribution in [2.75, 3.05) is 47.5 Å². The molecule has 0 heterocycles. The average Bonchev–Trinajstić information content (AvgIpc) is 3.17. The second-order valence-electron chi connectivity index (χ2n) is 17.4. The first-order valence-electron chi connectivity index (χ1n) is 23.9. The molecule has 0 aromatic rings. The smallest absolute Gasteiger partial charge is 0.361 e. The monoisotopic (exact) mass is 811 g/mol. The summed E-state index contributed by atoms with van der Waals surface area (Å²) in [5, 5.41) is 9.64. The minimum atomic E-state index is -1.50. The zero-order valence-corrected chi connectivity index (χ0v) is 38.0. The number of carbonyl (C=O) groups excluding carboxylic acids is 2. The lowest BCUT2D eigenvalue weighted by Gasteiger charge is -2.25. The molecule has 9 heteroatoms. The van der Waals surface area contributed by atoms with Crippen molar-refractivity contribution in [2.24, 2.45) is 0 Å². The molecule has 9 nitrogen and oxygen atoms in total. The number of carboxylic acid groups (broad SMARTS) is 1. The van der Waals surface area contributed by atoms with E-state index < -0.39 is 24.3 Å². The number of rotatable bonds is 44. The molecule has 0 spiro atoms. The zero-order valence-electron chi connectivity index (χ0n) is 38.0. The maximum atomic E-state index is 12.8. The van der Waals surface area contributed by atoms with Gasteiger partial charge in [0, 0.05) is 12.8 Å². The number of nitrogens with zero attached hydrogens (tertiary/aromatic N) is 1. The molecule has 0 fully saturated rings. The normalized spacial score (nSPS) is 12.9. The molecule has 0 aromatic heterocycles. The number of esters is 2. The van der Waals surface area contributed by atoms with Crippen molar-refractivity contribution in [3.63, 3.8) is 0 Å². The topological polar surface area (TPSA) is 108 Å². The predicted octanol–water partition coefficient (Wildman–Crippen LogP) is 12.7. The third-order valence-corrected chi connectivity index (χ3v) is 10.5. The quantitative estimate of drug-likeness (QED) is 0.0213. The van der Waals surface area contributed by atoms with Gasteiger partial charge in [-0.05, 0) is 38.5 Å². The summed E-state index contributed by atoms with van der Waals surface area (Å²) in [5.74, 6) is -2.00. The van der Waals surface area contributed by atoms with Gasteiger partial charge in [0.1, 0.15) is 13.2 Å². The van der Waals surface area contributed by atoms with Gasteiger partial charge in [0.05, 0.1) is 34.4 Å². The summed E-state index contributed by atoms with van der Waals surface area (Å²) in [4.78, 5) is 37.1.